The van der Waals surface area contributed by atoms with Crippen LogP contribution in [0.3, 0.4) is 0 Å². The van der Waals surface area contributed by atoms with E-state index in [1.165, 1.54) is 38.5 Å². The standard InChI is InChI=1S/C5H6O4.3C4H9.Sn/c1-9-5(8)3-2-4(6)7;3*1-3-4-2;/h2-3H,1H3,(H,6,7);3*1,3-4H2,2H3;/q;;;;+1/p-1. The SMILES string of the molecule is CCC[CH2][Sn+]([CH2]CCC)[CH2]CCC.COC(=O)C=CC(=O)[O-]. The van der Waals surface area contributed by atoms with Crippen LogP contribution in [0, 0.1) is 0 Å². The maximum atomic E-state index is 10.1. The molecule has 0 saturated carbocycles. The van der Waals surface area contributed by atoms with Crippen molar-refractivity contribution in [3.05, 3.63) is 12.2 Å². The first-order chi connectivity index (χ1) is 10.5. The summed E-state index contributed by atoms with van der Waals surface area (Å²) in [6, 6.07) is 0. The van der Waals surface area contributed by atoms with E-state index in [1.54, 1.807) is 13.3 Å². The molecule has 0 aliphatic heterocycles. The van der Waals surface area contributed by atoms with Gasteiger partial charge in [0.1, 0.15) is 0 Å². The van der Waals surface area contributed by atoms with Gasteiger partial charge in [0.2, 0.25) is 0 Å². The topological polar surface area (TPSA) is 66.4 Å². The molecule has 0 atom stereocenters. The number of hydrogen-bond donors (Lipinski definition) is 0. The van der Waals surface area contributed by atoms with E-state index < -0.39 is 31.7 Å². The Balaban J connectivity index is 0. The summed E-state index contributed by atoms with van der Waals surface area (Å²) in [5.74, 6) is -2.13. The van der Waals surface area contributed by atoms with Gasteiger partial charge in [0, 0.05) is 6.08 Å². The van der Waals surface area contributed by atoms with Gasteiger partial charge in [-0.25, -0.2) is 4.79 Å². The second kappa shape index (κ2) is 18.5. The van der Waals surface area contributed by atoms with Crippen molar-refractivity contribution in [3.8, 4) is 0 Å². The van der Waals surface area contributed by atoms with Crippen LogP contribution in [0.15, 0.2) is 12.2 Å². The number of rotatable bonds is 11. The van der Waals surface area contributed by atoms with Gasteiger partial charge in [-0.15, -0.1) is 0 Å². The zero-order valence-corrected chi connectivity index (χ0v) is 17.5. The van der Waals surface area contributed by atoms with E-state index in [2.05, 4.69) is 25.5 Å². The number of carboxylic acids is 1. The van der Waals surface area contributed by atoms with E-state index in [0.717, 1.165) is 13.2 Å². The van der Waals surface area contributed by atoms with Gasteiger partial charge >= 0.3 is 98.3 Å². The molecule has 0 saturated heterocycles. The predicted octanol–water partition coefficient (Wildman–Crippen LogP) is 3.35. The molecule has 0 fully saturated rings. The van der Waals surface area contributed by atoms with Crippen LogP contribution in [0.25, 0.3) is 0 Å². The van der Waals surface area contributed by atoms with Crippen LogP contribution in [0.2, 0.25) is 13.3 Å². The molecular weight excluding hydrogens is 387 g/mol. The Morgan fingerprint density at radius 2 is 1.32 bits per heavy atom. The zero-order valence-electron chi connectivity index (χ0n) is 14.7. The fraction of sp³-hybridized carbons (Fsp3) is 0.765. The molecular formula is C17H32O4Sn. The molecule has 22 heavy (non-hydrogen) atoms. The predicted molar refractivity (Wildman–Crippen MR) is 91.1 cm³/mol. The second-order valence-corrected chi connectivity index (χ2v) is 13.8. The van der Waals surface area contributed by atoms with Crippen LogP contribution in [-0.4, -0.2) is 38.8 Å². The summed E-state index contributed by atoms with van der Waals surface area (Å²) in [6.07, 6.45) is 10.2. The molecule has 0 spiro atoms. The third-order valence-corrected chi connectivity index (χ3v) is 12.3. The smallest absolute Gasteiger partial charge is 0.330 e. The number of carbonyl (C=O) groups excluding carboxylic acids is 2. The van der Waals surface area contributed by atoms with Gasteiger partial charge in [-0.3, -0.25) is 0 Å². The Morgan fingerprint density at radius 1 is 0.909 bits per heavy atom. The number of unbranched alkanes of at least 4 members (excludes halogenated alkanes) is 3. The summed E-state index contributed by atoms with van der Waals surface area (Å²) in [6.45, 7) is 7.00. The van der Waals surface area contributed by atoms with E-state index >= 15 is 0 Å². The number of esters is 1. The van der Waals surface area contributed by atoms with Gasteiger partial charge in [0.15, 0.2) is 0 Å². The molecule has 0 amide bonds. The van der Waals surface area contributed by atoms with E-state index in [9.17, 15) is 14.7 Å². The Morgan fingerprint density at radius 3 is 1.59 bits per heavy atom. The first-order valence-electron chi connectivity index (χ1n) is 8.32. The number of methoxy groups -OCH3 is 1. The van der Waals surface area contributed by atoms with Gasteiger partial charge in [0.25, 0.3) is 0 Å². The number of hydrogen-bond acceptors (Lipinski definition) is 4. The average molecular weight is 419 g/mol. The maximum absolute atomic E-state index is 10.1. The van der Waals surface area contributed by atoms with Crippen molar-refractivity contribution >= 4 is 31.7 Å². The van der Waals surface area contributed by atoms with Crippen LogP contribution in [-0.2, 0) is 14.3 Å². The van der Waals surface area contributed by atoms with Crippen molar-refractivity contribution < 1.29 is 19.4 Å². The summed E-state index contributed by atoms with van der Waals surface area (Å²) in [5.41, 5.74) is 0. The normalized spacial score (nSPS) is 10.0. The molecule has 5 heteroatoms. The molecule has 0 aromatic rings. The molecule has 0 heterocycles. The van der Waals surface area contributed by atoms with Gasteiger partial charge in [-0.2, -0.15) is 0 Å². The van der Waals surface area contributed by atoms with Crippen LogP contribution < -0.4 is 5.11 Å². The number of ether oxygens (including phenoxy) is 1. The van der Waals surface area contributed by atoms with E-state index in [-0.39, 0.29) is 0 Å². The Kier molecular flexibility index (Phi) is 20.0. The first kappa shape index (κ1) is 23.7. The van der Waals surface area contributed by atoms with Crippen molar-refractivity contribution in [1.29, 1.82) is 0 Å². The van der Waals surface area contributed by atoms with Gasteiger partial charge < -0.3 is 14.6 Å². The third-order valence-electron chi connectivity index (χ3n) is 3.21. The number of carboxylic acid groups (broad SMARTS) is 1. The Hall–Kier alpha value is -0.521. The Bertz CT molecular complexity index is 284. The molecule has 0 rings (SSSR count). The van der Waals surface area contributed by atoms with Crippen molar-refractivity contribution in [2.24, 2.45) is 0 Å². The first-order valence-corrected chi connectivity index (χ1v) is 14.4. The van der Waals surface area contributed by atoms with E-state index in [0.29, 0.717) is 6.08 Å². The van der Waals surface area contributed by atoms with Crippen LogP contribution >= 0.6 is 0 Å². The molecule has 128 valence electrons. The molecule has 0 N–H and O–H groups in total. The summed E-state index contributed by atoms with van der Waals surface area (Å²) >= 11 is -0.839. The van der Waals surface area contributed by atoms with Crippen LogP contribution in [0.5, 0.6) is 0 Å². The zero-order chi connectivity index (χ0) is 17.2. The minimum atomic E-state index is -1.42. The molecule has 0 bridgehead atoms. The second-order valence-electron chi connectivity index (χ2n) is 5.24. The van der Waals surface area contributed by atoms with Crippen molar-refractivity contribution in [2.45, 2.75) is 72.6 Å². The van der Waals surface area contributed by atoms with Crippen LogP contribution in [0.4, 0.5) is 0 Å². The molecule has 0 aromatic heterocycles. The quantitative estimate of drug-likeness (QED) is 0.293. The summed E-state index contributed by atoms with van der Waals surface area (Å²) < 4.78 is 9.12. The largest absolute Gasteiger partial charge is 0.545 e. The maximum Gasteiger partial charge on any atom is 0.330 e. The molecule has 0 aliphatic rings. The molecule has 0 aromatic carbocycles. The van der Waals surface area contributed by atoms with Crippen molar-refractivity contribution in [1.82, 2.24) is 0 Å². The van der Waals surface area contributed by atoms with Gasteiger partial charge in [0.05, 0.1) is 13.1 Å². The monoisotopic (exact) mass is 420 g/mol. The Labute approximate surface area is 143 Å². The van der Waals surface area contributed by atoms with Gasteiger partial charge in [-0.05, 0) is 6.08 Å². The summed E-state index contributed by atoms with van der Waals surface area (Å²) in [7, 11) is 1.15. The molecule has 0 aliphatic carbocycles. The fourth-order valence-electron chi connectivity index (χ4n) is 1.86. The number of carbonyl (C=O) groups is 2. The van der Waals surface area contributed by atoms with Crippen LogP contribution in [0.1, 0.15) is 59.3 Å². The summed E-state index contributed by atoms with van der Waals surface area (Å²) in [5, 5.41) is 9.61. The molecule has 0 radical (unpaired) electrons. The minimum Gasteiger partial charge on any atom is -0.545 e. The molecule has 0 unspecified atom stereocenters. The third kappa shape index (κ3) is 19.5. The van der Waals surface area contributed by atoms with Crippen molar-refractivity contribution in [3.63, 3.8) is 0 Å². The van der Waals surface area contributed by atoms with E-state index in [1.807, 2.05) is 0 Å². The van der Waals surface area contributed by atoms with Crippen molar-refractivity contribution in [2.75, 3.05) is 7.11 Å². The minimum absolute atomic E-state index is 0.603. The number of aliphatic carboxylic acids is 1. The van der Waals surface area contributed by atoms with Gasteiger partial charge in [-0.1, -0.05) is 0 Å². The molecule has 4 nitrogen and oxygen atoms in total. The average Bonchev–Trinajstić information content (AvgIpc) is 2.52. The van der Waals surface area contributed by atoms with E-state index in [4.69, 9.17) is 0 Å². The summed E-state index contributed by atoms with van der Waals surface area (Å²) in [4.78, 5) is 19.7. The fourth-order valence-corrected chi connectivity index (χ4v) is 11.3.